The summed E-state index contributed by atoms with van der Waals surface area (Å²) in [6.07, 6.45) is 8.34. The van der Waals surface area contributed by atoms with E-state index >= 15 is 0 Å². The van der Waals surface area contributed by atoms with Gasteiger partial charge in [0.2, 0.25) is 0 Å². The first-order valence-electron chi connectivity index (χ1n) is 6.64. The minimum Gasteiger partial charge on any atom is -0.374 e. The molecule has 1 unspecified atom stereocenters. The van der Waals surface area contributed by atoms with Gasteiger partial charge in [0, 0.05) is 19.2 Å². The maximum Gasteiger partial charge on any atom is 0.0779 e. The van der Waals surface area contributed by atoms with Crippen LogP contribution in [0, 0.1) is 11.8 Å². The first kappa shape index (κ1) is 10.1. The van der Waals surface area contributed by atoms with Crippen molar-refractivity contribution in [3.63, 3.8) is 0 Å². The van der Waals surface area contributed by atoms with Crippen molar-refractivity contribution in [3.05, 3.63) is 0 Å². The van der Waals surface area contributed by atoms with E-state index in [4.69, 9.17) is 4.74 Å². The van der Waals surface area contributed by atoms with Crippen LogP contribution in [0.25, 0.3) is 0 Å². The van der Waals surface area contributed by atoms with E-state index in [2.05, 4.69) is 12.2 Å². The zero-order valence-electron chi connectivity index (χ0n) is 9.80. The average molecular weight is 209 g/mol. The summed E-state index contributed by atoms with van der Waals surface area (Å²) in [6.45, 7) is 4.31. The Bertz CT molecular complexity index is 215. The van der Waals surface area contributed by atoms with E-state index in [9.17, 15) is 0 Å². The van der Waals surface area contributed by atoms with Gasteiger partial charge >= 0.3 is 0 Å². The lowest BCUT2D eigenvalue weighted by Gasteiger charge is -2.27. The minimum absolute atomic E-state index is 0.141. The van der Waals surface area contributed by atoms with Crippen molar-refractivity contribution in [3.8, 4) is 0 Å². The van der Waals surface area contributed by atoms with Gasteiger partial charge in [0.25, 0.3) is 0 Å². The smallest absolute Gasteiger partial charge is 0.0779 e. The molecule has 2 heteroatoms. The van der Waals surface area contributed by atoms with Gasteiger partial charge in [0.15, 0.2) is 0 Å². The number of hydrogen-bond donors (Lipinski definition) is 1. The van der Waals surface area contributed by atoms with Gasteiger partial charge in [-0.25, -0.2) is 0 Å². The van der Waals surface area contributed by atoms with E-state index in [-0.39, 0.29) is 5.60 Å². The summed E-state index contributed by atoms with van der Waals surface area (Å²) in [5.74, 6) is 2.00. The molecule has 2 nitrogen and oxygen atoms in total. The van der Waals surface area contributed by atoms with Crippen LogP contribution in [0.2, 0.25) is 0 Å². The molecule has 1 aliphatic heterocycles. The molecule has 0 spiro atoms. The Kier molecular flexibility index (Phi) is 2.52. The summed E-state index contributed by atoms with van der Waals surface area (Å²) >= 11 is 0. The highest BCUT2D eigenvalue weighted by atomic mass is 16.5. The highest BCUT2D eigenvalue weighted by Crippen LogP contribution is 2.44. The lowest BCUT2D eigenvalue weighted by Crippen LogP contribution is -2.44. The Labute approximate surface area is 92.8 Å². The van der Waals surface area contributed by atoms with Crippen LogP contribution in [0.1, 0.15) is 45.4 Å². The molecular formula is C13H23NO. The largest absolute Gasteiger partial charge is 0.374 e. The van der Waals surface area contributed by atoms with Crippen LogP contribution in [-0.4, -0.2) is 24.8 Å². The molecule has 0 aromatic carbocycles. The van der Waals surface area contributed by atoms with Crippen LogP contribution >= 0.6 is 0 Å². The number of nitrogens with one attached hydrogen (secondary N) is 1. The fourth-order valence-electron chi connectivity index (χ4n) is 2.94. The fourth-order valence-corrected chi connectivity index (χ4v) is 2.94. The van der Waals surface area contributed by atoms with Crippen LogP contribution in [0.5, 0.6) is 0 Å². The van der Waals surface area contributed by atoms with E-state index in [1.165, 1.54) is 38.5 Å². The third-order valence-electron chi connectivity index (χ3n) is 4.27. The second-order valence-corrected chi connectivity index (χ2v) is 5.98. The lowest BCUT2D eigenvalue weighted by molar-refractivity contribution is 0.0176. The van der Waals surface area contributed by atoms with Crippen LogP contribution in [0.3, 0.4) is 0 Å². The molecule has 1 heterocycles. The van der Waals surface area contributed by atoms with Crippen LogP contribution in [-0.2, 0) is 4.74 Å². The summed E-state index contributed by atoms with van der Waals surface area (Å²) in [6, 6.07) is 0.825. The van der Waals surface area contributed by atoms with Gasteiger partial charge in [0.05, 0.1) is 5.60 Å². The molecule has 3 fully saturated rings. The molecule has 0 radical (unpaired) electrons. The first-order chi connectivity index (χ1) is 7.27. The fraction of sp³-hybridized carbons (Fsp3) is 1.00. The van der Waals surface area contributed by atoms with E-state index in [1.807, 2.05) is 0 Å². The molecule has 86 valence electrons. The van der Waals surface area contributed by atoms with Crippen molar-refractivity contribution in [2.24, 2.45) is 11.8 Å². The molecule has 3 aliphatic rings. The molecule has 1 saturated heterocycles. The normalized spacial score (nSPS) is 36.4. The van der Waals surface area contributed by atoms with Gasteiger partial charge in [-0.05, 0) is 57.3 Å². The van der Waals surface area contributed by atoms with E-state index in [1.54, 1.807) is 0 Å². The van der Waals surface area contributed by atoms with Crippen molar-refractivity contribution in [1.29, 1.82) is 0 Å². The molecule has 0 amide bonds. The second kappa shape index (κ2) is 3.74. The maximum atomic E-state index is 5.83. The zero-order valence-corrected chi connectivity index (χ0v) is 9.80. The van der Waals surface area contributed by atoms with Gasteiger partial charge in [0.1, 0.15) is 0 Å². The van der Waals surface area contributed by atoms with Crippen LogP contribution in [0.4, 0.5) is 0 Å². The molecule has 2 aliphatic carbocycles. The predicted octanol–water partition coefficient (Wildman–Crippen LogP) is 2.33. The highest BCUT2D eigenvalue weighted by molar-refractivity contribution is 4.97. The number of hydrogen-bond acceptors (Lipinski definition) is 2. The number of rotatable bonds is 5. The maximum absolute atomic E-state index is 5.83. The summed E-state index contributed by atoms with van der Waals surface area (Å²) in [7, 11) is 0. The van der Waals surface area contributed by atoms with Gasteiger partial charge in [-0.15, -0.1) is 0 Å². The van der Waals surface area contributed by atoms with Crippen LogP contribution in [0.15, 0.2) is 0 Å². The molecule has 0 aromatic heterocycles. The summed E-state index contributed by atoms with van der Waals surface area (Å²) < 4.78 is 5.83. The Morgan fingerprint density at radius 1 is 1.27 bits per heavy atom. The van der Waals surface area contributed by atoms with Gasteiger partial charge in [-0.2, -0.15) is 0 Å². The molecule has 15 heavy (non-hydrogen) atoms. The van der Waals surface area contributed by atoms with E-state index in [0.29, 0.717) is 0 Å². The summed E-state index contributed by atoms with van der Waals surface area (Å²) in [5.41, 5.74) is 0.141. The predicted molar refractivity (Wildman–Crippen MR) is 60.8 cm³/mol. The van der Waals surface area contributed by atoms with Gasteiger partial charge < -0.3 is 10.1 Å². The van der Waals surface area contributed by atoms with E-state index < -0.39 is 0 Å². The zero-order chi connectivity index (χ0) is 10.3. The third kappa shape index (κ3) is 2.36. The summed E-state index contributed by atoms with van der Waals surface area (Å²) in [4.78, 5) is 0. The molecule has 2 saturated carbocycles. The van der Waals surface area contributed by atoms with Crippen molar-refractivity contribution < 1.29 is 4.74 Å². The topological polar surface area (TPSA) is 21.3 Å². The monoisotopic (exact) mass is 209 g/mol. The molecule has 0 aromatic rings. The molecular weight excluding hydrogens is 186 g/mol. The van der Waals surface area contributed by atoms with Crippen molar-refractivity contribution in [1.82, 2.24) is 5.32 Å². The lowest BCUT2D eigenvalue weighted by atomic mass is 10.0. The van der Waals surface area contributed by atoms with E-state index in [0.717, 1.165) is 31.0 Å². The van der Waals surface area contributed by atoms with Crippen molar-refractivity contribution >= 4 is 0 Å². The highest BCUT2D eigenvalue weighted by Gasteiger charge is 2.42. The summed E-state index contributed by atoms with van der Waals surface area (Å²) in [5, 5.41) is 3.80. The molecule has 3 rings (SSSR count). The third-order valence-corrected chi connectivity index (χ3v) is 4.27. The van der Waals surface area contributed by atoms with Crippen LogP contribution < -0.4 is 5.32 Å². The van der Waals surface area contributed by atoms with Crippen molar-refractivity contribution in [2.75, 3.05) is 13.2 Å². The van der Waals surface area contributed by atoms with Gasteiger partial charge in [-0.1, -0.05) is 0 Å². The molecule has 1 atom stereocenters. The standard InChI is InChI=1S/C13H23NO/c1-13(7-2-8-15-13)9-14-12(10-3-4-10)11-5-6-11/h10-12,14H,2-9H2,1H3. The first-order valence-corrected chi connectivity index (χ1v) is 6.64. The molecule has 1 N–H and O–H groups in total. The average Bonchev–Trinajstić information content (AvgIpc) is 3.09. The second-order valence-electron chi connectivity index (χ2n) is 5.98. The Hall–Kier alpha value is -0.0800. The quantitative estimate of drug-likeness (QED) is 0.750. The SMILES string of the molecule is CC1(CNC(C2CC2)C2CC2)CCCO1. The Morgan fingerprint density at radius 2 is 1.93 bits per heavy atom. The Morgan fingerprint density at radius 3 is 2.40 bits per heavy atom. The Balaban J connectivity index is 1.50. The molecule has 0 bridgehead atoms. The van der Waals surface area contributed by atoms with Crippen molar-refractivity contribution in [2.45, 2.75) is 57.1 Å². The number of ether oxygens (including phenoxy) is 1. The minimum atomic E-state index is 0.141. The van der Waals surface area contributed by atoms with Gasteiger partial charge in [-0.3, -0.25) is 0 Å².